The van der Waals surface area contributed by atoms with Crippen molar-refractivity contribution in [2.45, 2.75) is 11.8 Å². The number of likely N-dealkylation sites (N-methyl/N-ethyl adjacent to an activating group) is 1. The molecule has 0 atom stereocenters. The molecule has 0 aliphatic rings. The summed E-state index contributed by atoms with van der Waals surface area (Å²) in [5.74, 6) is 0.655. The van der Waals surface area contributed by atoms with Gasteiger partial charge < -0.3 is 10.1 Å². The molecule has 0 unspecified atom stereocenters. The van der Waals surface area contributed by atoms with Crippen molar-refractivity contribution >= 4 is 27.0 Å². The molecular formula is C14H18N2O3S2. The molecule has 2 rings (SSSR count). The highest BCUT2D eigenvalue weighted by atomic mass is 32.2. The van der Waals surface area contributed by atoms with Crippen molar-refractivity contribution in [2.24, 2.45) is 0 Å². The number of anilines is 1. The number of sulfonamides is 1. The van der Waals surface area contributed by atoms with Gasteiger partial charge in [-0.05, 0) is 42.3 Å². The van der Waals surface area contributed by atoms with E-state index >= 15 is 0 Å². The van der Waals surface area contributed by atoms with E-state index in [1.54, 1.807) is 23.6 Å². The van der Waals surface area contributed by atoms with Crippen LogP contribution >= 0.6 is 11.3 Å². The maximum absolute atomic E-state index is 12.2. The number of rotatable bonds is 8. The van der Waals surface area contributed by atoms with E-state index in [9.17, 15) is 8.42 Å². The lowest BCUT2D eigenvalue weighted by Crippen LogP contribution is -2.20. The molecule has 2 aromatic rings. The van der Waals surface area contributed by atoms with Crippen LogP contribution in [-0.2, 0) is 10.0 Å². The molecule has 1 aromatic heterocycles. The van der Waals surface area contributed by atoms with E-state index in [0.29, 0.717) is 18.0 Å². The van der Waals surface area contributed by atoms with Crippen molar-refractivity contribution in [1.82, 2.24) is 5.32 Å². The number of thiophene rings is 1. The molecular weight excluding hydrogens is 308 g/mol. The molecule has 0 spiro atoms. The zero-order valence-corrected chi connectivity index (χ0v) is 13.3. The van der Waals surface area contributed by atoms with Crippen LogP contribution in [0.3, 0.4) is 0 Å². The lowest BCUT2D eigenvalue weighted by molar-refractivity contribution is 0.315. The summed E-state index contributed by atoms with van der Waals surface area (Å²) in [5.41, 5.74) is 0.575. The molecule has 114 valence electrons. The Balaban J connectivity index is 1.97. The lowest BCUT2D eigenvalue weighted by atomic mass is 10.3. The quantitative estimate of drug-likeness (QED) is 0.732. The predicted molar refractivity (Wildman–Crippen MR) is 85.6 cm³/mol. The minimum atomic E-state index is -3.54. The zero-order chi connectivity index (χ0) is 15.1. The summed E-state index contributed by atoms with van der Waals surface area (Å²) < 4.78 is 32.3. The van der Waals surface area contributed by atoms with Crippen molar-refractivity contribution < 1.29 is 13.2 Å². The van der Waals surface area contributed by atoms with Crippen LogP contribution in [0.1, 0.15) is 6.92 Å². The van der Waals surface area contributed by atoms with Crippen LogP contribution in [0.5, 0.6) is 5.75 Å². The van der Waals surface area contributed by atoms with Gasteiger partial charge in [0, 0.05) is 11.9 Å². The highest BCUT2D eigenvalue weighted by Crippen LogP contribution is 2.20. The first-order chi connectivity index (χ1) is 10.1. The Morgan fingerprint density at radius 3 is 2.57 bits per heavy atom. The average Bonchev–Trinajstić information content (AvgIpc) is 2.96. The number of benzene rings is 1. The van der Waals surface area contributed by atoms with E-state index in [1.165, 1.54) is 23.5 Å². The third kappa shape index (κ3) is 4.73. The third-order valence-electron chi connectivity index (χ3n) is 2.70. The summed E-state index contributed by atoms with van der Waals surface area (Å²) in [4.78, 5) is 0.215. The maximum atomic E-state index is 12.2. The van der Waals surface area contributed by atoms with E-state index in [0.717, 1.165) is 13.1 Å². The molecule has 0 amide bonds. The van der Waals surface area contributed by atoms with E-state index in [2.05, 4.69) is 10.0 Å². The number of nitrogens with one attached hydrogen (secondary N) is 2. The summed E-state index contributed by atoms with van der Waals surface area (Å²) in [7, 11) is -3.54. The second kappa shape index (κ2) is 7.44. The van der Waals surface area contributed by atoms with Crippen LogP contribution in [0.2, 0.25) is 0 Å². The summed E-state index contributed by atoms with van der Waals surface area (Å²) in [6.45, 7) is 4.23. The van der Waals surface area contributed by atoms with Crippen LogP contribution in [-0.4, -0.2) is 28.1 Å². The topological polar surface area (TPSA) is 67.4 Å². The Bertz CT molecular complexity index is 637. The van der Waals surface area contributed by atoms with Gasteiger partial charge in [-0.15, -0.1) is 0 Å². The summed E-state index contributed by atoms with van der Waals surface area (Å²) in [6.07, 6.45) is 0. The van der Waals surface area contributed by atoms with Gasteiger partial charge in [0.2, 0.25) is 0 Å². The second-order valence-corrected chi connectivity index (χ2v) is 6.75. The Labute approximate surface area is 129 Å². The third-order valence-corrected chi connectivity index (χ3v) is 4.79. The fourth-order valence-electron chi connectivity index (χ4n) is 1.67. The van der Waals surface area contributed by atoms with Crippen molar-refractivity contribution in [2.75, 3.05) is 24.4 Å². The molecule has 0 radical (unpaired) electrons. The SMILES string of the molecule is CCNCCOc1ccc(S(=O)(=O)Nc2ccsc2)cc1. The van der Waals surface area contributed by atoms with Crippen molar-refractivity contribution in [3.63, 3.8) is 0 Å². The van der Waals surface area contributed by atoms with Crippen LogP contribution < -0.4 is 14.8 Å². The largest absolute Gasteiger partial charge is 0.492 e. The van der Waals surface area contributed by atoms with E-state index < -0.39 is 10.0 Å². The monoisotopic (exact) mass is 326 g/mol. The molecule has 0 fully saturated rings. The number of hydrogen-bond donors (Lipinski definition) is 2. The van der Waals surface area contributed by atoms with Crippen LogP contribution in [0.4, 0.5) is 5.69 Å². The predicted octanol–water partition coefficient (Wildman–Crippen LogP) is 2.54. The molecule has 0 aliphatic heterocycles. The molecule has 0 saturated carbocycles. The first-order valence-corrected chi connectivity index (χ1v) is 9.03. The van der Waals surface area contributed by atoms with Crippen LogP contribution in [0, 0.1) is 0 Å². The highest BCUT2D eigenvalue weighted by molar-refractivity contribution is 7.92. The Kier molecular flexibility index (Phi) is 5.60. The molecule has 1 aromatic carbocycles. The second-order valence-electron chi connectivity index (χ2n) is 4.29. The van der Waals surface area contributed by atoms with E-state index in [-0.39, 0.29) is 4.90 Å². The number of ether oxygens (including phenoxy) is 1. The van der Waals surface area contributed by atoms with E-state index in [4.69, 9.17) is 4.74 Å². The van der Waals surface area contributed by atoms with Gasteiger partial charge in [-0.2, -0.15) is 11.3 Å². The van der Waals surface area contributed by atoms with Crippen LogP contribution in [0.25, 0.3) is 0 Å². The highest BCUT2D eigenvalue weighted by Gasteiger charge is 2.14. The van der Waals surface area contributed by atoms with Gasteiger partial charge in [-0.1, -0.05) is 6.92 Å². The molecule has 21 heavy (non-hydrogen) atoms. The molecule has 0 saturated heterocycles. The minimum Gasteiger partial charge on any atom is -0.492 e. The Morgan fingerprint density at radius 2 is 1.95 bits per heavy atom. The van der Waals surface area contributed by atoms with Gasteiger partial charge >= 0.3 is 0 Å². The van der Waals surface area contributed by atoms with Crippen molar-refractivity contribution in [3.05, 3.63) is 41.1 Å². The fourth-order valence-corrected chi connectivity index (χ4v) is 3.38. The van der Waals surface area contributed by atoms with Gasteiger partial charge in [-0.25, -0.2) is 8.42 Å². The summed E-state index contributed by atoms with van der Waals surface area (Å²) in [5, 5.41) is 6.71. The molecule has 2 N–H and O–H groups in total. The van der Waals surface area contributed by atoms with Gasteiger partial charge in [0.1, 0.15) is 12.4 Å². The van der Waals surface area contributed by atoms with Gasteiger partial charge in [0.05, 0.1) is 10.6 Å². The van der Waals surface area contributed by atoms with Gasteiger partial charge in [0.25, 0.3) is 10.0 Å². The van der Waals surface area contributed by atoms with E-state index in [1.807, 2.05) is 12.3 Å². The smallest absolute Gasteiger partial charge is 0.261 e. The Morgan fingerprint density at radius 1 is 1.19 bits per heavy atom. The van der Waals surface area contributed by atoms with Gasteiger partial charge in [0.15, 0.2) is 0 Å². The van der Waals surface area contributed by atoms with Crippen molar-refractivity contribution in [3.8, 4) is 5.75 Å². The first kappa shape index (κ1) is 15.8. The minimum absolute atomic E-state index is 0.215. The zero-order valence-electron chi connectivity index (χ0n) is 11.7. The molecule has 0 aliphatic carbocycles. The first-order valence-electron chi connectivity index (χ1n) is 6.60. The molecule has 5 nitrogen and oxygen atoms in total. The Hall–Kier alpha value is -1.57. The maximum Gasteiger partial charge on any atom is 0.261 e. The van der Waals surface area contributed by atoms with Crippen LogP contribution in [0.15, 0.2) is 46.0 Å². The fraction of sp³-hybridized carbons (Fsp3) is 0.286. The lowest BCUT2D eigenvalue weighted by Gasteiger charge is -2.09. The summed E-state index contributed by atoms with van der Waals surface area (Å²) in [6, 6.07) is 8.12. The normalized spacial score (nSPS) is 11.3. The average molecular weight is 326 g/mol. The molecule has 7 heteroatoms. The summed E-state index contributed by atoms with van der Waals surface area (Å²) >= 11 is 1.44. The molecule has 0 bridgehead atoms. The standard InChI is InChI=1S/C14H18N2O3S2/c1-2-15-8-9-19-13-3-5-14(6-4-13)21(17,18)16-12-7-10-20-11-12/h3-7,10-11,15-16H,2,8-9H2,1H3. The number of hydrogen-bond acceptors (Lipinski definition) is 5. The molecule has 1 heterocycles. The van der Waals surface area contributed by atoms with Crippen molar-refractivity contribution in [1.29, 1.82) is 0 Å². The van der Waals surface area contributed by atoms with Gasteiger partial charge in [-0.3, -0.25) is 4.72 Å².